The maximum atomic E-state index is 10.4. The van der Waals surface area contributed by atoms with Gasteiger partial charge in [-0.25, -0.2) is 4.79 Å². The summed E-state index contributed by atoms with van der Waals surface area (Å²) in [6.07, 6.45) is 0. The fraction of sp³-hybridized carbons (Fsp3) is 0.909. The first-order chi connectivity index (χ1) is 7.50. The van der Waals surface area contributed by atoms with Crippen LogP contribution in [-0.2, 0) is 14.3 Å². The zero-order valence-electron chi connectivity index (χ0n) is 10.7. The Hall–Kier alpha value is -0.650. The summed E-state index contributed by atoms with van der Waals surface area (Å²) in [7, 11) is 3.79. The maximum absolute atomic E-state index is 10.4. The molecule has 1 N–H and O–H groups in total. The van der Waals surface area contributed by atoms with Crippen LogP contribution in [0.3, 0.4) is 0 Å². The van der Waals surface area contributed by atoms with Crippen molar-refractivity contribution in [1.82, 2.24) is 0 Å². The van der Waals surface area contributed by atoms with E-state index in [4.69, 9.17) is 14.6 Å². The Balaban J connectivity index is 4.29. The predicted molar refractivity (Wildman–Crippen MR) is 61.4 cm³/mol. The van der Waals surface area contributed by atoms with Crippen molar-refractivity contribution in [3.8, 4) is 0 Å². The van der Waals surface area contributed by atoms with Gasteiger partial charge in [-0.2, -0.15) is 0 Å². The second kappa shape index (κ2) is 7.60. The highest BCUT2D eigenvalue weighted by Crippen LogP contribution is 2.11. The Kier molecular flexibility index (Phi) is 7.29. The van der Waals surface area contributed by atoms with E-state index < -0.39 is 5.97 Å². The summed E-state index contributed by atoms with van der Waals surface area (Å²) >= 11 is 0. The normalized spacial score (nSPS) is 13.8. The highest BCUT2D eigenvalue weighted by Gasteiger charge is 2.29. The molecular weight excluding hydrogens is 210 g/mol. The monoisotopic (exact) mass is 234 g/mol. The number of nitrogens with zero attached hydrogens (tertiary/aromatic N) is 1. The molecule has 5 heteroatoms. The van der Waals surface area contributed by atoms with Gasteiger partial charge in [-0.3, -0.25) is 0 Å². The summed E-state index contributed by atoms with van der Waals surface area (Å²) in [5.74, 6) is -0.932. The van der Waals surface area contributed by atoms with E-state index in [2.05, 4.69) is 20.9 Å². The van der Waals surface area contributed by atoms with Gasteiger partial charge in [0.1, 0.15) is 25.9 Å². The molecule has 0 bridgehead atoms. The van der Waals surface area contributed by atoms with Gasteiger partial charge in [-0.1, -0.05) is 0 Å². The Morgan fingerprint density at radius 2 is 1.88 bits per heavy atom. The van der Waals surface area contributed by atoms with Gasteiger partial charge in [0, 0.05) is 7.11 Å². The zero-order chi connectivity index (χ0) is 12.6. The van der Waals surface area contributed by atoms with Gasteiger partial charge in [0.05, 0.1) is 20.1 Å². The van der Waals surface area contributed by atoms with Crippen molar-refractivity contribution in [3.63, 3.8) is 0 Å². The second-order valence-corrected chi connectivity index (χ2v) is 4.13. The molecule has 0 aliphatic carbocycles. The number of hydrogen-bond donors (Lipinski definition) is 1. The molecule has 0 aliphatic rings. The van der Waals surface area contributed by atoms with Gasteiger partial charge in [-0.15, -0.1) is 0 Å². The molecule has 5 nitrogen and oxygen atoms in total. The van der Waals surface area contributed by atoms with Crippen molar-refractivity contribution < 1.29 is 23.9 Å². The number of rotatable bonds is 9. The van der Waals surface area contributed by atoms with E-state index in [0.717, 1.165) is 17.6 Å². The van der Waals surface area contributed by atoms with E-state index in [1.807, 2.05) is 0 Å². The first-order valence-corrected chi connectivity index (χ1v) is 5.62. The Labute approximate surface area is 97.5 Å². The summed E-state index contributed by atoms with van der Waals surface area (Å²) in [5, 5.41) is 8.51. The summed E-state index contributed by atoms with van der Waals surface area (Å²) in [5.41, 5.74) is 0. The molecule has 0 saturated carbocycles. The van der Waals surface area contributed by atoms with E-state index in [0.29, 0.717) is 13.2 Å². The Morgan fingerprint density at radius 3 is 2.25 bits per heavy atom. The number of aliphatic carboxylic acids is 1. The van der Waals surface area contributed by atoms with Crippen molar-refractivity contribution in [2.75, 3.05) is 47.1 Å². The molecule has 0 rings (SSSR count). The van der Waals surface area contributed by atoms with Crippen LogP contribution in [0.2, 0.25) is 0 Å². The smallest absolute Gasteiger partial charge is 0.329 e. The van der Waals surface area contributed by atoms with Gasteiger partial charge in [0.25, 0.3) is 0 Å². The molecule has 0 aromatic rings. The van der Waals surface area contributed by atoms with E-state index in [1.165, 1.54) is 0 Å². The molecule has 0 aromatic heterocycles. The molecule has 0 aromatic carbocycles. The molecule has 16 heavy (non-hydrogen) atoms. The lowest BCUT2D eigenvalue weighted by Gasteiger charge is -2.39. The lowest BCUT2D eigenvalue weighted by Crippen LogP contribution is -2.56. The Morgan fingerprint density at radius 1 is 1.31 bits per heavy atom. The fourth-order valence-electron chi connectivity index (χ4n) is 1.62. The van der Waals surface area contributed by atoms with Crippen LogP contribution in [0.1, 0.15) is 13.8 Å². The number of likely N-dealkylation sites (N-methyl/N-ethyl adjacent to an activating group) is 1. The first-order valence-electron chi connectivity index (χ1n) is 5.62. The molecule has 0 aliphatic heterocycles. The first kappa shape index (κ1) is 15.3. The van der Waals surface area contributed by atoms with E-state index in [1.54, 1.807) is 7.11 Å². The van der Waals surface area contributed by atoms with E-state index in [-0.39, 0.29) is 12.6 Å². The number of carboxylic acids is 1. The SMILES string of the molecule is CC[N+](C)(CC)C(COC)COCC(=O)O. The van der Waals surface area contributed by atoms with Crippen molar-refractivity contribution in [3.05, 3.63) is 0 Å². The molecule has 0 spiro atoms. The number of hydrogen-bond acceptors (Lipinski definition) is 3. The lowest BCUT2D eigenvalue weighted by molar-refractivity contribution is -0.931. The van der Waals surface area contributed by atoms with Gasteiger partial charge in [0.15, 0.2) is 0 Å². The molecule has 96 valence electrons. The molecule has 1 atom stereocenters. The van der Waals surface area contributed by atoms with E-state index in [9.17, 15) is 4.79 Å². The number of ether oxygens (including phenoxy) is 2. The number of quaternary nitrogens is 1. The van der Waals surface area contributed by atoms with Crippen LogP contribution in [0, 0.1) is 0 Å². The number of carbonyl (C=O) groups is 1. The molecule has 0 fully saturated rings. The third kappa shape index (κ3) is 4.92. The predicted octanol–water partition coefficient (Wildman–Crippen LogP) is 0.589. The third-order valence-corrected chi connectivity index (χ3v) is 3.22. The van der Waals surface area contributed by atoms with Gasteiger partial charge in [0.2, 0.25) is 0 Å². The fourth-order valence-corrected chi connectivity index (χ4v) is 1.62. The van der Waals surface area contributed by atoms with Crippen molar-refractivity contribution in [2.24, 2.45) is 0 Å². The third-order valence-electron chi connectivity index (χ3n) is 3.22. The molecule has 0 amide bonds. The second-order valence-electron chi connectivity index (χ2n) is 4.13. The summed E-state index contributed by atoms with van der Waals surface area (Å²) < 4.78 is 11.2. The summed E-state index contributed by atoms with van der Waals surface area (Å²) in [6.45, 7) is 6.93. The summed E-state index contributed by atoms with van der Waals surface area (Å²) in [6, 6.07) is 0.180. The summed E-state index contributed by atoms with van der Waals surface area (Å²) in [4.78, 5) is 10.4. The molecular formula is C11H24NO4+. The number of methoxy groups -OCH3 is 1. The molecule has 0 heterocycles. The average molecular weight is 234 g/mol. The van der Waals surface area contributed by atoms with Gasteiger partial charge >= 0.3 is 5.97 Å². The minimum atomic E-state index is -0.932. The largest absolute Gasteiger partial charge is 0.480 e. The topological polar surface area (TPSA) is 55.8 Å². The minimum Gasteiger partial charge on any atom is -0.480 e. The van der Waals surface area contributed by atoms with Crippen molar-refractivity contribution >= 4 is 5.97 Å². The number of carboxylic acid groups (broad SMARTS) is 1. The van der Waals surface area contributed by atoms with Crippen LogP contribution < -0.4 is 0 Å². The highest BCUT2D eigenvalue weighted by atomic mass is 16.5. The van der Waals surface area contributed by atoms with Gasteiger partial charge in [-0.05, 0) is 13.8 Å². The zero-order valence-corrected chi connectivity index (χ0v) is 10.7. The standard InChI is InChI=1S/C11H23NO4/c1-5-12(3,6-2)10(7-15-4)8-16-9-11(13)14/h10H,5-9H2,1-4H3/p+1. The quantitative estimate of drug-likeness (QED) is 0.593. The van der Waals surface area contributed by atoms with Gasteiger partial charge < -0.3 is 19.1 Å². The van der Waals surface area contributed by atoms with Crippen LogP contribution in [0.25, 0.3) is 0 Å². The maximum Gasteiger partial charge on any atom is 0.329 e. The van der Waals surface area contributed by atoms with Crippen LogP contribution >= 0.6 is 0 Å². The van der Waals surface area contributed by atoms with Crippen LogP contribution in [-0.4, -0.2) is 68.7 Å². The average Bonchev–Trinajstić information content (AvgIpc) is 2.26. The molecule has 0 saturated heterocycles. The highest BCUT2D eigenvalue weighted by molar-refractivity contribution is 5.67. The Bertz CT molecular complexity index is 204. The lowest BCUT2D eigenvalue weighted by atomic mass is 10.2. The van der Waals surface area contributed by atoms with Crippen LogP contribution in [0.15, 0.2) is 0 Å². The van der Waals surface area contributed by atoms with E-state index >= 15 is 0 Å². The van der Waals surface area contributed by atoms with Crippen LogP contribution in [0.5, 0.6) is 0 Å². The van der Waals surface area contributed by atoms with Crippen molar-refractivity contribution in [1.29, 1.82) is 0 Å². The van der Waals surface area contributed by atoms with Crippen molar-refractivity contribution in [2.45, 2.75) is 19.9 Å². The molecule has 1 unspecified atom stereocenters. The molecule has 0 radical (unpaired) electrons. The minimum absolute atomic E-state index is 0.180. The van der Waals surface area contributed by atoms with Crippen LogP contribution in [0.4, 0.5) is 0 Å².